The van der Waals surface area contributed by atoms with Crippen LogP contribution in [0.1, 0.15) is 11.3 Å². The molecule has 0 saturated heterocycles. The van der Waals surface area contributed by atoms with Gasteiger partial charge in [-0.3, -0.25) is 0 Å². The summed E-state index contributed by atoms with van der Waals surface area (Å²) in [4.78, 5) is 4.69. The molecule has 0 bridgehead atoms. The number of para-hydroxylation sites is 1. The number of nitrogens with zero attached hydrogens (tertiary/aromatic N) is 1. The third-order valence-electron chi connectivity index (χ3n) is 4.26. The molecule has 2 heterocycles. The van der Waals surface area contributed by atoms with Crippen molar-refractivity contribution >= 4 is 10.9 Å². The molecule has 23 heavy (non-hydrogen) atoms. The normalized spacial score (nSPS) is 11.2. The Morgan fingerprint density at radius 3 is 2.61 bits per heavy atom. The van der Waals surface area contributed by atoms with Gasteiger partial charge in [0.2, 0.25) is 5.76 Å². The number of aromatic nitrogens is 1. The molecule has 0 aromatic heterocycles. The smallest absolute Gasteiger partial charge is 0.250 e. The van der Waals surface area contributed by atoms with E-state index in [2.05, 4.69) is 45.4 Å². The first-order valence-corrected chi connectivity index (χ1v) is 7.63. The number of aryl methyl sites for hydroxylation is 1. The maximum absolute atomic E-state index is 5.22. The summed E-state index contributed by atoms with van der Waals surface area (Å²) >= 11 is 0. The Morgan fingerprint density at radius 1 is 1.04 bits per heavy atom. The van der Waals surface area contributed by atoms with Crippen molar-refractivity contribution in [3.05, 3.63) is 72.2 Å². The molecule has 0 atom stereocenters. The van der Waals surface area contributed by atoms with Crippen LogP contribution in [0.4, 0.5) is 0 Å². The van der Waals surface area contributed by atoms with Gasteiger partial charge >= 0.3 is 0 Å². The van der Waals surface area contributed by atoms with Crippen LogP contribution in [0.15, 0.2) is 64.9 Å². The van der Waals surface area contributed by atoms with E-state index in [4.69, 9.17) is 4.74 Å². The van der Waals surface area contributed by atoms with E-state index in [-0.39, 0.29) is 0 Å². The highest BCUT2D eigenvalue weighted by Crippen LogP contribution is 2.33. The topological polar surface area (TPSA) is 24.8 Å². The molecule has 3 nitrogen and oxygen atoms in total. The van der Waals surface area contributed by atoms with Gasteiger partial charge in [0, 0.05) is 17.0 Å². The van der Waals surface area contributed by atoms with Gasteiger partial charge in [0.25, 0.3) is 6.26 Å². The lowest BCUT2D eigenvalue weighted by Crippen LogP contribution is -1.95. The van der Waals surface area contributed by atoms with Crippen LogP contribution in [0, 0.1) is 0 Å². The molecule has 2 aromatic carbocycles. The summed E-state index contributed by atoms with van der Waals surface area (Å²) in [5.74, 6) is 2.06. The van der Waals surface area contributed by atoms with Crippen molar-refractivity contribution in [2.45, 2.75) is 6.42 Å². The van der Waals surface area contributed by atoms with Gasteiger partial charge in [-0.1, -0.05) is 30.3 Å². The lowest BCUT2D eigenvalue weighted by atomic mass is 10.1. The Kier molecular flexibility index (Phi) is 3.27. The van der Waals surface area contributed by atoms with E-state index in [1.807, 2.05) is 31.6 Å². The first-order valence-electron chi connectivity index (χ1n) is 7.63. The van der Waals surface area contributed by atoms with E-state index >= 15 is 0 Å². The van der Waals surface area contributed by atoms with Crippen LogP contribution < -0.4 is 4.74 Å². The summed E-state index contributed by atoms with van der Waals surface area (Å²) in [6.07, 6.45) is 2.88. The predicted molar refractivity (Wildman–Crippen MR) is 92.0 cm³/mol. The minimum Gasteiger partial charge on any atom is -0.544 e. The number of fused-ring (bicyclic) bond motifs is 3. The Morgan fingerprint density at radius 2 is 1.83 bits per heavy atom. The minimum atomic E-state index is 0.848. The highest BCUT2D eigenvalue weighted by Gasteiger charge is 2.19. The van der Waals surface area contributed by atoms with Gasteiger partial charge in [0.05, 0.1) is 19.0 Å². The average Bonchev–Trinajstić information content (AvgIpc) is 2.93. The van der Waals surface area contributed by atoms with Crippen LogP contribution in [0.3, 0.4) is 0 Å². The quantitative estimate of drug-likeness (QED) is 0.510. The fraction of sp³-hybridized carbons (Fsp3) is 0.150. The Balaban J connectivity index is 1.78. The van der Waals surface area contributed by atoms with Crippen molar-refractivity contribution in [2.75, 3.05) is 7.11 Å². The summed E-state index contributed by atoms with van der Waals surface area (Å²) in [5, 5.41) is 1.21. The van der Waals surface area contributed by atoms with E-state index in [0.29, 0.717) is 0 Å². The number of hydrogen-bond acceptors (Lipinski definition) is 2. The van der Waals surface area contributed by atoms with Gasteiger partial charge in [0.1, 0.15) is 5.75 Å². The van der Waals surface area contributed by atoms with Crippen LogP contribution in [-0.4, -0.2) is 12.1 Å². The largest absolute Gasteiger partial charge is 0.544 e. The maximum atomic E-state index is 5.22. The summed E-state index contributed by atoms with van der Waals surface area (Å²) in [7, 11) is 3.68. The van der Waals surface area contributed by atoms with Crippen molar-refractivity contribution < 1.29 is 8.78 Å². The standard InChI is InChI=1S/C20H18NO2/c1-22-15-9-7-14(8-10-15)11-16-12-18-17-5-3-4-6-19(17)21-20(18)13-23(16)2/h3-10,12-13H,11H2,1-2H3/q+1. The summed E-state index contributed by atoms with van der Waals surface area (Å²) < 4.78 is 8.26. The van der Waals surface area contributed by atoms with Gasteiger partial charge in [0.15, 0.2) is 12.8 Å². The first-order chi connectivity index (χ1) is 11.2. The molecule has 3 heteroatoms. The second-order valence-electron chi connectivity index (χ2n) is 5.74. The van der Waals surface area contributed by atoms with Crippen LogP contribution in [0.2, 0.25) is 0 Å². The van der Waals surface area contributed by atoms with Gasteiger partial charge in [-0.15, -0.1) is 0 Å². The zero-order valence-corrected chi connectivity index (χ0v) is 13.2. The minimum absolute atomic E-state index is 0.848. The number of ether oxygens (including phenoxy) is 1. The van der Waals surface area contributed by atoms with Crippen LogP contribution in [0.5, 0.6) is 5.75 Å². The highest BCUT2D eigenvalue weighted by atomic mass is 16.5. The molecule has 2 aromatic rings. The van der Waals surface area contributed by atoms with Gasteiger partial charge in [-0.25, -0.2) is 4.98 Å². The predicted octanol–water partition coefficient (Wildman–Crippen LogP) is 4.76. The van der Waals surface area contributed by atoms with Gasteiger partial charge in [-0.2, -0.15) is 0 Å². The van der Waals surface area contributed by atoms with E-state index in [1.165, 1.54) is 22.3 Å². The number of hydrogen-bond donors (Lipinski definition) is 0. The summed E-state index contributed by atoms with van der Waals surface area (Å²) in [5.41, 5.74) is 4.51. The molecule has 2 aliphatic rings. The van der Waals surface area contributed by atoms with Crippen molar-refractivity contribution in [2.24, 2.45) is 7.11 Å². The van der Waals surface area contributed by atoms with E-state index < -0.39 is 0 Å². The van der Waals surface area contributed by atoms with Crippen molar-refractivity contribution in [3.63, 3.8) is 0 Å². The second-order valence-corrected chi connectivity index (χ2v) is 5.74. The van der Waals surface area contributed by atoms with Crippen molar-refractivity contribution in [1.82, 2.24) is 4.98 Å². The fourth-order valence-electron chi connectivity index (χ4n) is 2.97. The van der Waals surface area contributed by atoms with E-state index in [9.17, 15) is 0 Å². The van der Waals surface area contributed by atoms with E-state index in [1.54, 1.807) is 7.11 Å². The Bertz CT molecular complexity index is 938. The molecule has 0 aliphatic carbocycles. The zero-order chi connectivity index (χ0) is 15.8. The highest BCUT2D eigenvalue weighted by molar-refractivity contribution is 5.97. The lowest BCUT2D eigenvalue weighted by molar-refractivity contribution is 0.157. The average molecular weight is 304 g/mol. The molecular weight excluding hydrogens is 286 g/mol. The molecule has 114 valence electrons. The number of benzene rings is 2. The van der Waals surface area contributed by atoms with Crippen LogP contribution in [0.25, 0.3) is 22.2 Å². The third kappa shape index (κ3) is 2.44. The third-order valence-corrected chi connectivity index (χ3v) is 4.26. The Labute approximate surface area is 135 Å². The summed E-state index contributed by atoms with van der Waals surface area (Å²) in [6, 6.07) is 18.7. The maximum Gasteiger partial charge on any atom is 0.250 e. The second kappa shape index (κ2) is 5.43. The van der Waals surface area contributed by atoms with Crippen LogP contribution in [-0.2, 0) is 13.5 Å². The van der Waals surface area contributed by atoms with Gasteiger partial charge in [-0.05, 0) is 23.8 Å². The fourth-order valence-corrected chi connectivity index (χ4v) is 2.97. The summed E-state index contributed by atoms with van der Waals surface area (Å²) in [6.45, 7) is 0. The molecule has 0 amide bonds. The molecule has 0 fully saturated rings. The molecule has 0 saturated carbocycles. The van der Waals surface area contributed by atoms with Crippen LogP contribution >= 0.6 is 0 Å². The monoisotopic (exact) mass is 304 g/mol. The zero-order valence-electron chi connectivity index (χ0n) is 13.2. The molecule has 0 unspecified atom stereocenters. The molecule has 2 aliphatic heterocycles. The Hall–Kier alpha value is -2.81. The SMILES string of the molecule is COc1ccc(Cc2cc3c4ccccc4nc-3c[o+]2C)cc1. The molecule has 0 spiro atoms. The molecular formula is C20H18NO2+. The molecule has 0 N–H and O–H groups in total. The molecule has 0 radical (unpaired) electrons. The van der Waals surface area contributed by atoms with Gasteiger partial charge < -0.3 is 8.78 Å². The first kappa shape index (κ1) is 13.8. The lowest BCUT2D eigenvalue weighted by Gasteiger charge is -2.09. The number of rotatable bonds is 3. The number of methoxy groups -OCH3 is 1. The van der Waals surface area contributed by atoms with Crippen molar-refractivity contribution in [3.8, 4) is 17.0 Å². The van der Waals surface area contributed by atoms with E-state index in [0.717, 1.165) is 23.4 Å². The molecule has 4 rings (SSSR count). The van der Waals surface area contributed by atoms with Crippen molar-refractivity contribution in [1.29, 1.82) is 0 Å².